The number of carbonyl (C=O) groups is 1. The van der Waals surface area contributed by atoms with Crippen molar-refractivity contribution in [2.24, 2.45) is 0 Å². The molecule has 0 aliphatic rings. The van der Waals surface area contributed by atoms with Crippen LogP contribution in [-0.4, -0.2) is 37.4 Å². The molecule has 7 heteroatoms. The molecule has 0 atom stereocenters. The maximum absolute atomic E-state index is 12.6. The van der Waals surface area contributed by atoms with Crippen LogP contribution in [0.5, 0.6) is 5.75 Å². The van der Waals surface area contributed by atoms with Gasteiger partial charge in [0, 0.05) is 38.1 Å². The van der Waals surface area contributed by atoms with Crippen LogP contribution in [0.3, 0.4) is 0 Å². The summed E-state index contributed by atoms with van der Waals surface area (Å²) < 4.78 is 9.21. The Labute approximate surface area is 165 Å². The maximum Gasteiger partial charge on any atom is 0.274 e. The number of benzene rings is 1. The van der Waals surface area contributed by atoms with E-state index in [0.717, 1.165) is 17.9 Å². The summed E-state index contributed by atoms with van der Waals surface area (Å²) in [5, 5.41) is 8.57. The van der Waals surface area contributed by atoms with Gasteiger partial charge in [-0.1, -0.05) is 26.0 Å². The topological polar surface area (TPSA) is 65.2 Å². The van der Waals surface area contributed by atoms with Crippen molar-refractivity contribution in [1.29, 1.82) is 0 Å². The molecule has 0 bridgehead atoms. The predicted molar refractivity (Wildman–Crippen MR) is 107 cm³/mol. The number of ether oxygens (including phenoxy) is 1. The molecule has 0 saturated heterocycles. The fourth-order valence-electron chi connectivity index (χ4n) is 2.84. The third-order valence-corrected chi connectivity index (χ3v) is 4.55. The largest absolute Gasteiger partial charge is 0.471 e. The number of carbonyl (C=O) groups excluding carboxylic acids is 1. The Morgan fingerprint density at radius 2 is 1.93 bits per heavy atom. The zero-order valence-corrected chi connectivity index (χ0v) is 16.9. The summed E-state index contributed by atoms with van der Waals surface area (Å²) in [5.74, 6) is 1.13. The van der Waals surface area contributed by atoms with Gasteiger partial charge in [0.1, 0.15) is 5.75 Å². The van der Waals surface area contributed by atoms with E-state index in [0.29, 0.717) is 18.2 Å². The van der Waals surface area contributed by atoms with Gasteiger partial charge in [0.05, 0.1) is 6.20 Å². The number of nitrogens with zero attached hydrogens (tertiary/aromatic N) is 5. The second kappa shape index (κ2) is 8.73. The third kappa shape index (κ3) is 4.79. The molecule has 2 aromatic heterocycles. The number of aromatic nitrogens is 4. The second-order valence-corrected chi connectivity index (χ2v) is 7.10. The van der Waals surface area contributed by atoms with Gasteiger partial charge in [0.2, 0.25) is 0 Å². The Kier molecular flexibility index (Phi) is 6.13. The molecule has 0 N–H and O–H groups in total. The van der Waals surface area contributed by atoms with Gasteiger partial charge in [-0.05, 0) is 36.6 Å². The summed E-state index contributed by atoms with van der Waals surface area (Å²) in [4.78, 5) is 14.2. The lowest BCUT2D eigenvalue weighted by Crippen LogP contribution is -2.26. The van der Waals surface area contributed by atoms with Gasteiger partial charge in [-0.2, -0.15) is 10.2 Å². The molecule has 148 valence electrons. The number of hydrogen-bond acceptors (Lipinski definition) is 4. The van der Waals surface area contributed by atoms with Crippen LogP contribution < -0.4 is 4.74 Å². The van der Waals surface area contributed by atoms with Crippen molar-refractivity contribution in [3.8, 4) is 5.75 Å². The van der Waals surface area contributed by atoms with Gasteiger partial charge in [-0.25, -0.2) is 4.68 Å². The molecule has 3 rings (SSSR count). The van der Waals surface area contributed by atoms with Crippen LogP contribution in [0.25, 0.3) is 0 Å². The standard InChI is InChI=1S/C21H27N5O2/c1-5-25-14-17(12-22-25)13-24(4)21(27)20-10-11-26(23-20)15-28-19-8-6-18(7-9-19)16(2)3/h6-12,14,16H,5,13,15H2,1-4H3. The zero-order valence-electron chi connectivity index (χ0n) is 16.9. The summed E-state index contributed by atoms with van der Waals surface area (Å²) >= 11 is 0. The fourth-order valence-corrected chi connectivity index (χ4v) is 2.84. The highest BCUT2D eigenvalue weighted by atomic mass is 16.5. The summed E-state index contributed by atoms with van der Waals surface area (Å²) in [6, 6.07) is 9.74. The van der Waals surface area contributed by atoms with Gasteiger partial charge < -0.3 is 9.64 Å². The van der Waals surface area contributed by atoms with Crippen LogP contribution in [0.1, 0.15) is 48.3 Å². The molecule has 28 heavy (non-hydrogen) atoms. The van der Waals surface area contributed by atoms with Crippen LogP contribution >= 0.6 is 0 Å². The van der Waals surface area contributed by atoms with Gasteiger partial charge in [-0.15, -0.1) is 0 Å². The molecule has 3 aromatic rings. The first-order valence-electron chi connectivity index (χ1n) is 9.49. The minimum atomic E-state index is -0.135. The van der Waals surface area contributed by atoms with Crippen molar-refractivity contribution in [3.63, 3.8) is 0 Å². The summed E-state index contributed by atoms with van der Waals surface area (Å²) in [6.45, 7) is 7.89. The van der Waals surface area contributed by atoms with Crippen molar-refractivity contribution in [2.45, 2.75) is 46.5 Å². The predicted octanol–water partition coefficient (Wildman–Crippen LogP) is 3.53. The van der Waals surface area contributed by atoms with E-state index < -0.39 is 0 Å². The molecule has 0 fully saturated rings. The quantitative estimate of drug-likeness (QED) is 0.599. The van der Waals surface area contributed by atoms with E-state index in [1.165, 1.54) is 5.56 Å². The lowest BCUT2D eigenvalue weighted by atomic mass is 10.0. The average molecular weight is 381 g/mol. The Morgan fingerprint density at radius 1 is 1.18 bits per heavy atom. The zero-order chi connectivity index (χ0) is 20.1. The van der Waals surface area contributed by atoms with Crippen molar-refractivity contribution in [3.05, 3.63) is 65.7 Å². The third-order valence-electron chi connectivity index (χ3n) is 4.55. The van der Waals surface area contributed by atoms with E-state index in [1.807, 2.05) is 29.9 Å². The molecular weight excluding hydrogens is 354 g/mol. The Hall–Kier alpha value is -3.09. The lowest BCUT2D eigenvalue weighted by molar-refractivity contribution is 0.0777. The second-order valence-electron chi connectivity index (χ2n) is 7.10. The van der Waals surface area contributed by atoms with Crippen molar-refractivity contribution >= 4 is 5.91 Å². The number of hydrogen-bond donors (Lipinski definition) is 0. The van der Waals surface area contributed by atoms with Gasteiger partial charge >= 0.3 is 0 Å². The van der Waals surface area contributed by atoms with Crippen LogP contribution in [0, 0.1) is 0 Å². The minimum Gasteiger partial charge on any atom is -0.471 e. The summed E-state index contributed by atoms with van der Waals surface area (Å²) in [7, 11) is 1.76. The monoisotopic (exact) mass is 381 g/mol. The van der Waals surface area contributed by atoms with Crippen molar-refractivity contribution in [1.82, 2.24) is 24.5 Å². The first-order valence-corrected chi connectivity index (χ1v) is 9.49. The summed E-state index contributed by atoms with van der Waals surface area (Å²) in [6.07, 6.45) is 5.48. The van der Waals surface area contributed by atoms with Crippen LogP contribution in [0.4, 0.5) is 0 Å². The minimum absolute atomic E-state index is 0.135. The van der Waals surface area contributed by atoms with E-state index in [4.69, 9.17) is 4.74 Å². The van der Waals surface area contributed by atoms with Crippen molar-refractivity contribution in [2.75, 3.05) is 7.05 Å². The highest BCUT2D eigenvalue weighted by Crippen LogP contribution is 2.18. The Bertz CT molecular complexity index is 911. The Morgan fingerprint density at radius 3 is 2.57 bits per heavy atom. The van der Waals surface area contributed by atoms with E-state index in [9.17, 15) is 4.79 Å². The van der Waals surface area contributed by atoms with E-state index >= 15 is 0 Å². The molecule has 7 nitrogen and oxygen atoms in total. The van der Waals surface area contributed by atoms with E-state index in [2.05, 4.69) is 36.2 Å². The first kappa shape index (κ1) is 19.7. The first-order chi connectivity index (χ1) is 13.5. The lowest BCUT2D eigenvalue weighted by Gasteiger charge is -2.14. The molecule has 2 heterocycles. The highest BCUT2D eigenvalue weighted by Gasteiger charge is 2.16. The molecule has 0 spiro atoms. The highest BCUT2D eigenvalue weighted by molar-refractivity contribution is 5.91. The maximum atomic E-state index is 12.6. The molecule has 0 radical (unpaired) electrons. The van der Waals surface area contributed by atoms with Crippen LogP contribution in [-0.2, 0) is 19.8 Å². The molecule has 0 aliphatic heterocycles. The summed E-state index contributed by atoms with van der Waals surface area (Å²) in [5.41, 5.74) is 2.65. The number of amides is 1. The molecule has 0 saturated carbocycles. The van der Waals surface area contributed by atoms with Gasteiger partial charge in [0.15, 0.2) is 12.4 Å². The Balaban J connectivity index is 1.55. The number of rotatable bonds is 8. The van der Waals surface area contributed by atoms with Gasteiger partial charge in [0.25, 0.3) is 5.91 Å². The SMILES string of the molecule is CCn1cc(CN(C)C(=O)c2ccn(COc3ccc(C(C)C)cc3)n2)cn1. The normalized spacial score (nSPS) is 11.0. The smallest absolute Gasteiger partial charge is 0.274 e. The molecule has 1 aromatic carbocycles. The van der Waals surface area contributed by atoms with Gasteiger partial charge in [-0.3, -0.25) is 9.48 Å². The van der Waals surface area contributed by atoms with Crippen molar-refractivity contribution < 1.29 is 9.53 Å². The van der Waals surface area contributed by atoms with E-state index in [1.54, 1.807) is 35.1 Å². The average Bonchev–Trinajstić information content (AvgIpc) is 3.35. The van der Waals surface area contributed by atoms with E-state index in [-0.39, 0.29) is 12.6 Å². The molecular formula is C21H27N5O2. The fraction of sp³-hybridized carbons (Fsp3) is 0.381. The molecule has 0 unspecified atom stereocenters. The van der Waals surface area contributed by atoms with Crippen LogP contribution in [0.15, 0.2) is 48.9 Å². The number of aryl methyl sites for hydroxylation is 1. The van der Waals surface area contributed by atoms with Crippen LogP contribution in [0.2, 0.25) is 0 Å². The molecule has 1 amide bonds. The molecule has 0 aliphatic carbocycles.